The molecule has 0 unspecified atom stereocenters. The van der Waals surface area contributed by atoms with Crippen LogP contribution in [0.4, 0.5) is 0 Å². The van der Waals surface area contributed by atoms with E-state index < -0.39 is 0 Å². The van der Waals surface area contributed by atoms with E-state index in [2.05, 4.69) is 67.0 Å². The Hall–Kier alpha value is -0.700. The molecule has 0 fully saturated rings. The molecule has 1 aliphatic rings. The topological polar surface area (TPSA) is 0 Å². The Labute approximate surface area is 133 Å². The number of allylic oxidation sites excluding steroid dienone is 3. The molecule has 0 saturated heterocycles. The zero-order valence-corrected chi connectivity index (χ0v) is 15.4. The van der Waals surface area contributed by atoms with Gasteiger partial charge in [-0.25, -0.2) is 0 Å². The summed E-state index contributed by atoms with van der Waals surface area (Å²) in [5, 5.41) is 0. The molecule has 0 atom stereocenters. The van der Waals surface area contributed by atoms with Crippen molar-refractivity contribution in [3.05, 3.63) is 50.6 Å². The average Bonchev–Trinajstić information content (AvgIpc) is 2.47. The SMILES string of the molecule is CCC(C)(CC)c1ccc(C2=C(C)C=IC=C2)c(C)c1. The standard InChI is InChI=1S/C19H25I/c1-6-19(5,7-2)16-8-9-17(14(3)12-16)18-10-11-20-13-15(18)4/h8-13H,6-7H2,1-5H3. The fourth-order valence-electron chi connectivity index (χ4n) is 2.72. The highest BCUT2D eigenvalue weighted by Crippen LogP contribution is 2.34. The van der Waals surface area contributed by atoms with Gasteiger partial charge in [0.25, 0.3) is 0 Å². The molecular weight excluding hydrogens is 355 g/mol. The van der Waals surface area contributed by atoms with Gasteiger partial charge in [-0.05, 0) is 74.1 Å². The first kappa shape index (κ1) is 15.7. The van der Waals surface area contributed by atoms with Crippen LogP contribution in [0.25, 0.3) is 5.57 Å². The summed E-state index contributed by atoms with van der Waals surface area (Å²) in [4.78, 5) is 0. The van der Waals surface area contributed by atoms with Crippen molar-refractivity contribution in [2.45, 2.75) is 52.9 Å². The number of hydrogen-bond donors (Lipinski definition) is 0. The van der Waals surface area contributed by atoms with E-state index >= 15 is 0 Å². The Morgan fingerprint density at radius 2 is 1.80 bits per heavy atom. The molecule has 2 rings (SSSR count). The zero-order chi connectivity index (χ0) is 14.8. The number of benzene rings is 1. The maximum Gasteiger partial charge on any atom is -0.00804 e. The Morgan fingerprint density at radius 3 is 2.35 bits per heavy atom. The molecule has 1 aliphatic heterocycles. The quantitative estimate of drug-likeness (QED) is 0.550. The van der Waals surface area contributed by atoms with E-state index in [1.165, 1.54) is 40.7 Å². The summed E-state index contributed by atoms with van der Waals surface area (Å²) < 4.78 is 4.78. The molecule has 0 N–H and O–H groups in total. The molecule has 0 nitrogen and oxygen atoms in total. The zero-order valence-electron chi connectivity index (χ0n) is 13.3. The molecule has 20 heavy (non-hydrogen) atoms. The second-order valence-corrected chi connectivity index (χ2v) is 7.98. The van der Waals surface area contributed by atoms with Crippen LogP contribution in [0.5, 0.6) is 0 Å². The second kappa shape index (κ2) is 6.38. The lowest BCUT2D eigenvalue weighted by atomic mass is 9.76. The van der Waals surface area contributed by atoms with Gasteiger partial charge in [0.1, 0.15) is 0 Å². The highest BCUT2D eigenvalue weighted by molar-refractivity contribution is 14.2. The third-order valence-electron chi connectivity index (χ3n) is 4.73. The molecule has 1 heterocycles. The van der Waals surface area contributed by atoms with E-state index in [0.717, 1.165) is 0 Å². The van der Waals surface area contributed by atoms with E-state index in [1.54, 1.807) is 0 Å². The first-order chi connectivity index (χ1) is 9.51. The molecule has 0 amide bonds. The monoisotopic (exact) mass is 380 g/mol. The molecule has 0 spiro atoms. The van der Waals surface area contributed by atoms with Crippen molar-refractivity contribution in [2.24, 2.45) is 0 Å². The van der Waals surface area contributed by atoms with Crippen molar-refractivity contribution < 1.29 is 0 Å². The number of hydrogen-bond acceptors (Lipinski definition) is 0. The van der Waals surface area contributed by atoms with Crippen LogP contribution in [0.15, 0.2) is 33.9 Å². The summed E-state index contributed by atoms with van der Waals surface area (Å²) in [6, 6.07) is 7.07. The van der Waals surface area contributed by atoms with Gasteiger partial charge in [0, 0.05) is 0 Å². The molecule has 108 valence electrons. The average molecular weight is 380 g/mol. The van der Waals surface area contributed by atoms with Crippen molar-refractivity contribution in [1.82, 2.24) is 0 Å². The van der Waals surface area contributed by atoms with Gasteiger partial charge in [-0.1, -0.05) is 59.7 Å². The van der Waals surface area contributed by atoms with Gasteiger partial charge < -0.3 is 0 Å². The van der Waals surface area contributed by atoms with Crippen LogP contribution in [-0.2, 0) is 5.41 Å². The smallest absolute Gasteiger partial charge is 0.00804 e. The number of aryl methyl sites for hydroxylation is 1. The number of halogens is 1. The third-order valence-corrected chi connectivity index (χ3v) is 6.80. The van der Waals surface area contributed by atoms with Gasteiger partial charge in [-0.2, -0.15) is 0 Å². The van der Waals surface area contributed by atoms with Crippen LogP contribution in [0.2, 0.25) is 0 Å². The Morgan fingerprint density at radius 1 is 1.10 bits per heavy atom. The van der Waals surface area contributed by atoms with Crippen LogP contribution in [0.3, 0.4) is 0 Å². The summed E-state index contributed by atoms with van der Waals surface area (Å²) in [5.74, 6) is 0. The third kappa shape index (κ3) is 2.98. The molecule has 0 bridgehead atoms. The highest BCUT2D eigenvalue weighted by atomic mass is 127. The Bertz CT molecular complexity index is 584. The Kier molecular flexibility index (Phi) is 5.00. The maximum atomic E-state index is 2.42. The lowest BCUT2D eigenvalue weighted by Gasteiger charge is -2.28. The molecule has 1 aromatic rings. The molecule has 0 saturated carbocycles. The normalized spacial score (nSPS) is 15.4. The fourth-order valence-corrected chi connectivity index (χ4v) is 4.37. The molecule has 1 heteroatoms. The minimum absolute atomic E-state index is 0.151. The van der Waals surface area contributed by atoms with Crippen LogP contribution in [0.1, 0.15) is 57.2 Å². The van der Waals surface area contributed by atoms with Gasteiger partial charge in [0.15, 0.2) is 0 Å². The van der Waals surface area contributed by atoms with Crippen LogP contribution in [0, 0.1) is 6.92 Å². The summed E-state index contributed by atoms with van der Waals surface area (Å²) >= 11 is 0.151. The molecule has 1 aromatic carbocycles. The second-order valence-electron chi connectivity index (χ2n) is 5.92. The van der Waals surface area contributed by atoms with Crippen molar-refractivity contribution in [3.8, 4) is 0 Å². The van der Waals surface area contributed by atoms with E-state index in [1.807, 2.05) is 0 Å². The van der Waals surface area contributed by atoms with Crippen molar-refractivity contribution >= 4 is 30.3 Å². The molecule has 0 radical (unpaired) electrons. The minimum atomic E-state index is 0.151. The van der Waals surface area contributed by atoms with E-state index in [0.29, 0.717) is 5.41 Å². The van der Waals surface area contributed by atoms with Gasteiger partial charge in [-0.15, -0.1) is 0 Å². The summed E-state index contributed by atoms with van der Waals surface area (Å²) in [6.07, 6.45) is 4.72. The van der Waals surface area contributed by atoms with E-state index in [9.17, 15) is 0 Å². The predicted octanol–water partition coefficient (Wildman–Crippen LogP) is 6.15. The lowest BCUT2D eigenvalue weighted by Crippen LogP contribution is -2.19. The van der Waals surface area contributed by atoms with E-state index in [4.69, 9.17) is 0 Å². The van der Waals surface area contributed by atoms with Crippen LogP contribution < -0.4 is 0 Å². The van der Waals surface area contributed by atoms with Gasteiger partial charge in [0.05, 0.1) is 0 Å². The number of rotatable bonds is 4. The van der Waals surface area contributed by atoms with Gasteiger partial charge in [-0.3, -0.25) is 0 Å². The van der Waals surface area contributed by atoms with Gasteiger partial charge in [0.2, 0.25) is 0 Å². The molecule has 0 aromatic heterocycles. The fraction of sp³-hybridized carbons (Fsp3) is 0.421. The minimum Gasteiger partial charge on any atom is -0.0934 e. The predicted molar refractivity (Wildman–Crippen MR) is 101 cm³/mol. The largest absolute Gasteiger partial charge is 0.0934 e. The van der Waals surface area contributed by atoms with Gasteiger partial charge >= 0.3 is 0 Å². The van der Waals surface area contributed by atoms with Crippen LogP contribution in [-0.4, -0.2) is 4.01 Å². The Balaban J connectivity index is 2.46. The highest BCUT2D eigenvalue weighted by Gasteiger charge is 2.22. The maximum absolute atomic E-state index is 2.42. The molecular formula is C19H25I. The summed E-state index contributed by atoms with van der Waals surface area (Å²) in [7, 11) is 0. The van der Waals surface area contributed by atoms with Crippen molar-refractivity contribution in [3.63, 3.8) is 0 Å². The van der Waals surface area contributed by atoms with Crippen LogP contribution >= 0.6 is 20.7 Å². The van der Waals surface area contributed by atoms with Crippen molar-refractivity contribution in [1.29, 1.82) is 0 Å². The summed E-state index contributed by atoms with van der Waals surface area (Å²) in [5.41, 5.74) is 7.46. The van der Waals surface area contributed by atoms with Crippen molar-refractivity contribution in [2.75, 3.05) is 0 Å². The first-order valence-corrected chi connectivity index (χ1v) is 9.95. The van der Waals surface area contributed by atoms with E-state index in [-0.39, 0.29) is 20.7 Å². The lowest BCUT2D eigenvalue weighted by molar-refractivity contribution is 0.438. The summed E-state index contributed by atoms with van der Waals surface area (Å²) in [6.45, 7) is 11.5. The first-order valence-electron chi connectivity index (χ1n) is 7.46. The molecule has 0 aliphatic carbocycles.